The van der Waals surface area contributed by atoms with Crippen molar-refractivity contribution in [1.29, 1.82) is 0 Å². The van der Waals surface area contributed by atoms with Gasteiger partial charge < -0.3 is 0 Å². The Morgan fingerprint density at radius 3 is 2.69 bits per heavy atom. The fourth-order valence-electron chi connectivity index (χ4n) is 1.65. The molecule has 0 aliphatic carbocycles. The quantitative estimate of drug-likeness (QED) is 0.630. The lowest BCUT2D eigenvalue weighted by molar-refractivity contribution is 1.17. The molecule has 0 radical (unpaired) electrons. The van der Waals surface area contributed by atoms with Crippen LogP contribution in [-0.4, -0.2) is 9.97 Å². The van der Waals surface area contributed by atoms with Crippen LogP contribution < -0.4 is 0 Å². The molecule has 0 spiro atoms. The first kappa shape index (κ1) is 9.93. The van der Waals surface area contributed by atoms with Crippen molar-refractivity contribution in [3.8, 4) is 10.6 Å². The Bertz CT molecular complexity index is 635. The zero-order chi connectivity index (χ0) is 11.0. The number of thiophene rings is 1. The van der Waals surface area contributed by atoms with Gasteiger partial charge in [-0.1, -0.05) is 24.3 Å². The second-order valence-electron chi connectivity index (χ2n) is 3.34. The smallest absolute Gasteiger partial charge is 0.197 e. The van der Waals surface area contributed by atoms with E-state index >= 15 is 0 Å². The molecule has 0 amide bonds. The fraction of sp³-hybridized carbons (Fsp3) is 0. The molecular formula is C12H7BrN2S. The number of rotatable bonds is 1. The van der Waals surface area contributed by atoms with Crippen molar-refractivity contribution in [2.75, 3.05) is 0 Å². The summed E-state index contributed by atoms with van der Waals surface area (Å²) in [7, 11) is 0. The monoisotopic (exact) mass is 290 g/mol. The van der Waals surface area contributed by atoms with E-state index < -0.39 is 0 Å². The van der Waals surface area contributed by atoms with E-state index in [1.54, 1.807) is 11.3 Å². The molecule has 0 bridgehead atoms. The third-order valence-electron chi connectivity index (χ3n) is 2.33. The van der Waals surface area contributed by atoms with E-state index in [1.165, 1.54) is 4.88 Å². The molecule has 0 saturated carbocycles. The van der Waals surface area contributed by atoms with E-state index in [1.807, 2.05) is 24.3 Å². The van der Waals surface area contributed by atoms with Crippen LogP contribution in [0.3, 0.4) is 0 Å². The summed E-state index contributed by atoms with van der Waals surface area (Å²) >= 11 is 5.04. The van der Waals surface area contributed by atoms with Gasteiger partial charge in [-0.3, -0.25) is 0 Å². The summed E-state index contributed by atoms with van der Waals surface area (Å²) < 4.78 is 0.634. The zero-order valence-corrected chi connectivity index (χ0v) is 10.6. The van der Waals surface area contributed by atoms with Crippen LogP contribution in [0.25, 0.3) is 21.5 Å². The largest absolute Gasteiger partial charge is 0.222 e. The predicted octanol–water partition coefficient (Wildman–Crippen LogP) is 4.12. The number of halogens is 1. The van der Waals surface area contributed by atoms with Gasteiger partial charge in [-0.2, -0.15) is 0 Å². The maximum Gasteiger partial charge on any atom is 0.197 e. The third kappa shape index (κ3) is 1.64. The van der Waals surface area contributed by atoms with Gasteiger partial charge in [-0.15, -0.1) is 11.3 Å². The van der Waals surface area contributed by atoms with Crippen LogP contribution in [0.2, 0.25) is 0 Å². The minimum Gasteiger partial charge on any atom is -0.222 e. The Morgan fingerprint density at radius 1 is 1.00 bits per heavy atom. The summed E-state index contributed by atoms with van der Waals surface area (Å²) in [4.78, 5) is 9.98. The maximum atomic E-state index is 4.46. The normalized spacial score (nSPS) is 10.8. The summed E-state index contributed by atoms with van der Waals surface area (Å²) in [5.74, 6) is 0. The third-order valence-corrected chi connectivity index (χ3v) is 3.56. The van der Waals surface area contributed by atoms with E-state index in [4.69, 9.17) is 0 Å². The number of hydrogen-bond donors (Lipinski definition) is 0. The van der Waals surface area contributed by atoms with Crippen molar-refractivity contribution < 1.29 is 0 Å². The van der Waals surface area contributed by atoms with E-state index in [0.29, 0.717) is 4.73 Å². The Labute approximate surface area is 105 Å². The van der Waals surface area contributed by atoms with E-state index in [2.05, 4.69) is 43.4 Å². The first-order valence-corrected chi connectivity index (χ1v) is 6.48. The van der Waals surface area contributed by atoms with Crippen molar-refractivity contribution in [3.05, 3.63) is 46.5 Å². The van der Waals surface area contributed by atoms with Gasteiger partial charge in [-0.05, 0) is 33.4 Å². The minimum absolute atomic E-state index is 0.634. The molecule has 0 unspecified atom stereocenters. The van der Waals surface area contributed by atoms with Crippen molar-refractivity contribution in [1.82, 2.24) is 9.97 Å². The van der Waals surface area contributed by atoms with Gasteiger partial charge in [0.25, 0.3) is 0 Å². The molecule has 0 atom stereocenters. The van der Waals surface area contributed by atoms with Gasteiger partial charge in [0.1, 0.15) is 0 Å². The molecule has 0 N–H and O–H groups in total. The molecule has 2 heterocycles. The van der Waals surface area contributed by atoms with Crippen LogP contribution in [0.15, 0.2) is 46.5 Å². The highest BCUT2D eigenvalue weighted by Crippen LogP contribution is 2.30. The molecule has 2 nitrogen and oxygen atoms in total. The van der Waals surface area contributed by atoms with Crippen molar-refractivity contribution in [3.63, 3.8) is 0 Å². The molecule has 16 heavy (non-hydrogen) atoms. The predicted molar refractivity (Wildman–Crippen MR) is 70.6 cm³/mol. The number of hydrogen-bond acceptors (Lipinski definition) is 3. The summed E-state index contributed by atoms with van der Waals surface area (Å²) in [6.07, 6.45) is 0. The van der Waals surface area contributed by atoms with Crippen LogP contribution in [0, 0.1) is 0 Å². The Kier molecular flexibility index (Phi) is 2.46. The van der Waals surface area contributed by atoms with Crippen molar-refractivity contribution in [2.24, 2.45) is 0 Å². The van der Waals surface area contributed by atoms with Crippen LogP contribution in [0.5, 0.6) is 0 Å². The van der Waals surface area contributed by atoms with E-state index in [-0.39, 0.29) is 0 Å². The molecule has 4 heteroatoms. The highest BCUT2D eigenvalue weighted by molar-refractivity contribution is 9.10. The summed E-state index contributed by atoms with van der Waals surface area (Å²) in [5, 5.41) is 3.15. The molecule has 3 rings (SSSR count). The van der Waals surface area contributed by atoms with Gasteiger partial charge in [0.05, 0.1) is 16.1 Å². The number of benzene rings is 1. The molecule has 0 saturated heterocycles. The second kappa shape index (κ2) is 3.96. The zero-order valence-electron chi connectivity index (χ0n) is 8.22. The number of fused-ring (bicyclic) bond motifs is 1. The Balaban J connectivity index is 2.39. The van der Waals surface area contributed by atoms with Gasteiger partial charge in [0.15, 0.2) is 4.73 Å². The van der Waals surface area contributed by atoms with Crippen LogP contribution in [0.1, 0.15) is 0 Å². The molecular weight excluding hydrogens is 284 g/mol. The van der Waals surface area contributed by atoms with Crippen LogP contribution in [0.4, 0.5) is 0 Å². The lowest BCUT2D eigenvalue weighted by Gasteiger charge is -2.03. The molecule has 0 aliphatic rings. The van der Waals surface area contributed by atoms with Gasteiger partial charge >= 0.3 is 0 Å². The highest BCUT2D eigenvalue weighted by Gasteiger charge is 2.08. The summed E-state index contributed by atoms with van der Waals surface area (Å²) in [5.41, 5.74) is 1.96. The second-order valence-corrected chi connectivity index (χ2v) is 4.99. The molecule has 78 valence electrons. The topological polar surface area (TPSA) is 25.8 Å². The molecule has 1 aromatic carbocycles. The first-order valence-electron chi connectivity index (χ1n) is 4.81. The van der Waals surface area contributed by atoms with Crippen LogP contribution in [-0.2, 0) is 0 Å². The lowest BCUT2D eigenvalue weighted by atomic mass is 10.1. The van der Waals surface area contributed by atoms with Gasteiger partial charge in [0, 0.05) is 5.39 Å². The maximum absolute atomic E-state index is 4.46. The Hall–Kier alpha value is -1.26. The highest BCUT2D eigenvalue weighted by atomic mass is 79.9. The number of nitrogens with zero attached hydrogens (tertiary/aromatic N) is 2. The first-order chi connectivity index (χ1) is 7.84. The summed E-state index contributed by atoms with van der Waals surface area (Å²) in [6.45, 7) is 0. The van der Waals surface area contributed by atoms with Crippen molar-refractivity contribution >= 4 is 38.2 Å². The SMILES string of the molecule is Brc1nc(-c2cccs2)c2ccccc2n1. The average Bonchev–Trinajstić information content (AvgIpc) is 2.81. The Morgan fingerprint density at radius 2 is 1.88 bits per heavy atom. The average molecular weight is 291 g/mol. The lowest BCUT2D eigenvalue weighted by Crippen LogP contribution is -1.89. The molecule has 2 aromatic heterocycles. The number of aromatic nitrogens is 2. The molecule has 3 aromatic rings. The fourth-order valence-corrected chi connectivity index (χ4v) is 2.75. The standard InChI is InChI=1S/C12H7BrN2S/c13-12-14-9-5-2-1-4-8(9)11(15-12)10-6-3-7-16-10/h1-7H. The minimum atomic E-state index is 0.634. The van der Waals surface area contributed by atoms with Gasteiger partial charge in [-0.25, -0.2) is 9.97 Å². The van der Waals surface area contributed by atoms with Crippen LogP contribution >= 0.6 is 27.3 Å². The molecule has 0 aliphatic heterocycles. The van der Waals surface area contributed by atoms with Crippen molar-refractivity contribution in [2.45, 2.75) is 0 Å². The molecule has 0 fully saturated rings. The summed E-state index contributed by atoms with van der Waals surface area (Å²) in [6, 6.07) is 12.2. The van der Waals surface area contributed by atoms with E-state index in [9.17, 15) is 0 Å². The number of para-hydroxylation sites is 1. The van der Waals surface area contributed by atoms with Gasteiger partial charge in [0.2, 0.25) is 0 Å². The van der Waals surface area contributed by atoms with E-state index in [0.717, 1.165) is 16.6 Å².